The summed E-state index contributed by atoms with van der Waals surface area (Å²) in [4.78, 5) is 40.5. The lowest BCUT2D eigenvalue weighted by Crippen LogP contribution is -2.47. The fourth-order valence-corrected chi connectivity index (χ4v) is 2.70. The largest absolute Gasteiger partial charge is 0.459 e. The summed E-state index contributed by atoms with van der Waals surface area (Å²) in [5.41, 5.74) is 5.96. The molecule has 0 aliphatic carbocycles. The minimum atomic E-state index is -0.673. The summed E-state index contributed by atoms with van der Waals surface area (Å²) < 4.78 is 5.36. The lowest BCUT2D eigenvalue weighted by molar-refractivity contribution is -0.153. The van der Waals surface area contributed by atoms with Crippen LogP contribution in [-0.2, 0) is 19.1 Å². The number of rotatable bonds is 7. The minimum absolute atomic E-state index is 0.237. The van der Waals surface area contributed by atoms with Gasteiger partial charge in [0.25, 0.3) is 0 Å². The number of carbonyl (C=O) groups excluding carboxylic acids is 3. The van der Waals surface area contributed by atoms with E-state index in [4.69, 9.17) is 10.5 Å². The van der Waals surface area contributed by atoms with E-state index >= 15 is 0 Å². The molecule has 0 fully saturated rings. The van der Waals surface area contributed by atoms with E-state index in [2.05, 4.69) is 0 Å². The molecule has 154 valence electrons. The molecule has 7 heteroatoms. The number of nitrogens with zero attached hydrogens (tertiary/aromatic N) is 2. The Morgan fingerprint density at radius 1 is 0.793 bits per heavy atom. The molecule has 2 aromatic rings. The standard InChI is InChI=1S/C22H27N3O4/c1-22(2,3)29-21(28)16-25(18-12-8-5-9-13-18)20(27)15-24(19(26)14-23)17-10-6-4-7-11-17/h4-13H,14-16,23H2,1-3H3. The second-order valence-electron chi connectivity index (χ2n) is 7.42. The zero-order valence-corrected chi connectivity index (χ0v) is 17.0. The Hall–Kier alpha value is -3.19. The van der Waals surface area contributed by atoms with E-state index in [-0.39, 0.29) is 19.6 Å². The molecule has 0 aliphatic heterocycles. The quantitative estimate of drug-likeness (QED) is 0.724. The van der Waals surface area contributed by atoms with Crippen LogP contribution in [0.15, 0.2) is 60.7 Å². The highest BCUT2D eigenvalue weighted by molar-refractivity contribution is 6.05. The number of carbonyl (C=O) groups is 3. The molecule has 2 aromatic carbocycles. The van der Waals surface area contributed by atoms with Gasteiger partial charge in [0, 0.05) is 11.4 Å². The molecule has 7 nitrogen and oxygen atoms in total. The second kappa shape index (κ2) is 9.84. The number of amides is 2. The molecule has 0 aliphatic rings. The van der Waals surface area contributed by atoms with Gasteiger partial charge in [-0.3, -0.25) is 19.3 Å². The normalized spacial score (nSPS) is 10.9. The monoisotopic (exact) mass is 397 g/mol. The van der Waals surface area contributed by atoms with Crippen molar-refractivity contribution in [1.29, 1.82) is 0 Å². The highest BCUT2D eigenvalue weighted by Gasteiger charge is 2.26. The number of nitrogens with two attached hydrogens (primary N) is 1. The highest BCUT2D eigenvalue weighted by atomic mass is 16.6. The van der Waals surface area contributed by atoms with Crippen LogP contribution in [0.5, 0.6) is 0 Å². The van der Waals surface area contributed by atoms with Crippen molar-refractivity contribution in [2.24, 2.45) is 5.73 Å². The predicted molar refractivity (Wildman–Crippen MR) is 112 cm³/mol. The van der Waals surface area contributed by atoms with Gasteiger partial charge in [0.2, 0.25) is 11.8 Å². The first kappa shape index (κ1) is 22.1. The van der Waals surface area contributed by atoms with E-state index in [1.807, 2.05) is 12.1 Å². The first-order chi connectivity index (χ1) is 13.7. The van der Waals surface area contributed by atoms with Gasteiger partial charge in [-0.1, -0.05) is 36.4 Å². The van der Waals surface area contributed by atoms with Crippen molar-refractivity contribution in [3.63, 3.8) is 0 Å². The van der Waals surface area contributed by atoms with E-state index in [0.29, 0.717) is 11.4 Å². The fourth-order valence-electron chi connectivity index (χ4n) is 2.70. The van der Waals surface area contributed by atoms with Crippen LogP contribution in [0, 0.1) is 0 Å². The van der Waals surface area contributed by atoms with E-state index in [1.165, 1.54) is 9.80 Å². The van der Waals surface area contributed by atoms with Gasteiger partial charge in [0.15, 0.2) is 0 Å². The molecule has 0 heterocycles. The maximum atomic E-state index is 13.1. The molecule has 0 aromatic heterocycles. The molecular formula is C22H27N3O4. The molecule has 0 saturated heterocycles. The first-order valence-electron chi connectivity index (χ1n) is 9.34. The van der Waals surface area contributed by atoms with Gasteiger partial charge in [-0.25, -0.2) is 0 Å². The maximum Gasteiger partial charge on any atom is 0.326 e. The summed E-state index contributed by atoms with van der Waals surface area (Å²) in [5, 5.41) is 0. The highest BCUT2D eigenvalue weighted by Crippen LogP contribution is 2.18. The zero-order chi connectivity index (χ0) is 21.4. The van der Waals surface area contributed by atoms with Crippen LogP contribution in [0.2, 0.25) is 0 Å². The van der Waals surface area contributed by atoms with Gasteiger partial charge in [0.1, 0.15) is 18.7 Å². The number of hydrogen-bond donors (Lipinski definition) is 1. The van der Waals surface area contributed by atoms with Crippen LogP contribution in [-0.4, -0.2) is 43.0 Å². The Labute approximate surface area is 171 Å². The lowest BCUT2D eigenvalue weighted by Gasteiger charge is -2.28. The number of anilines is 2. The summed E-state index contributed by atoms with van der Waals surface area (Å²) >= 11 is 0. The Kier molecular flexibility index (Phi) is 7.50. The molecule has 0 saturated carbocycles. The van der Waals surface area contributed by atoms with Crippen molar-refractivity contribution in [2.45, 2.75) is 26.4 Å². The van der Waals surface area contributed by atoms with Crippen LogP contribution in [0.4, 0.5) is 11.4 Å². The van der Waals surface area contributed by atoms with Crippen molar-refractivity contribution < 1.29 is 19.1 Å². The van der Waals surface area contributed by atoms with Crippen molar-refractivity contribution in [3.8, 4) is 0 Å². The topological polar surface area (TPSA) is 92.9 Å². The second-order valence-corrected chi connectivity index (χ2v) is 7.42. The molecule has 2 N–H and O–H groups in total. The number of benzene rings is 2. The Balaban J connectivity index is 2.28. The number of ether oxygens (including phenoxy) is 1. The number of hydrogen-bond acceptors (Lipinski definition) is 5. The summed E-state index contributed by atoms with van der Waals surface area (Å²) in [6, 6.07) is 17.6. The van der Waals surface area contributed by atoms with Crippen LogP contribution in [0.1, 0.15) is 20.8 Å². The van der Waals surface area contributed by atoms with E-state index in [9.17, 15) is 14.4 Å². The molecule has 0 spiro atoms. The van der Waals surface area contributed by atoms with Gasteiger partial charge >= 0.3 is 5.97 Å². The summed E-state index contributed by atoms with van der Waals surface area (Å²) in [7, 11) is 0. The zero-order valence-electron chi connectivity index (χ0n) is 17.0. The Morgan fingerprint density at radius 2 is 1.24 bits per heavy atom. The third kappa shape index (κ3) is 6.73. The molecule has 0 bridgehead atoms. The van der Waals surface area contributed by atoms with Crippen LogP contribution in [0.25, 0.3) is 0 Å². The number of para-hydroxylation sites is 2. The molecule has 0 unspecified atom stereocenters. The molecule has 0 radical (unpaired) electrons. The third-order valence-electron chi connectivity index (χ3n) is 3.91. The Morgan fingerprint density at radius 3 is 1.66 bits per heavy atom. The summed E-state index contributed by atoms with van der Waals surface area (Å²) in [5.74, 6) is -1.35. The van der Waals surface area contributed by atoms with Gasteiger partial charge in [-0.2, -0.15) is 0 Å². The van der Waals surface area contributed by atoms with Gasteiger partial charge in [-0.15, -0.1) is 0 Å². The van der Waals surface area contributed by atoms with Crippen molar-refractivity contribution in [2.75, 3.05) is 29.4 Å². The van der Waals surface area contributed by atoms with Crippen LogP contribution >= 0.6 is 0 Å². The minimum Gasteiger partial charge on any atom is -0.459 e. The van der Waals surface area contributed by atoms with Crippen molar-refractivity contribution >= 4 is 29.2 Å². The number of esters is 1. The van der Waals surface area contributed by atoms with Crippen LogP contribution < -0.4 is 15.5 Å². The third-order valence-corrected chi connectivity index (χ3v) is 3.91. The lowest BCUT2D eigenvalue weighted by atomic mass is 10.2. The van der Waals surface area contributed by atoms with E-state index < -0.39 is 23.4 Å². The fraction of sp³-hybridized carbons (Fsp3) is 0.318. The SMILES string of the molecule is CC(C)(C)OC(=O)CN(C(=O)CN(C(=O)CN)c1ccccc1)c1ccccc1. The molecule has 0 atom stereocenters. The first-order valence-corrected chi connectivity index (χ1v) is 9.34. The van der Waals surface area contributed by atoms with Crippen molar-refractivity contribution in [3.05, 3.63) is 60.7 Å². The van der Waals surface area contributed by atoms with E-state index in [1.54, 1.807) is 69.3 Å². The molecular weight excluding hydrogens is 370 g/mol. The predicted octanol–water partition coefficient (Wildman–Crippen LogP) is 2.35. The van der Waals surface area contributed by atoms with Gasteiger partial charge in [0.05, 0.1) is 6.54 Å². The van der Waals surface area contributed by atoms with Crippen LogP contribution in [0.3, 0.4) is 0 Å². The summed E-state index contributed by atoms with van der Waals surface area (Å²) in [6.45, 7) is 4.53. The summed E-state index contributed by atoms with van der Waals surface area (Å²) in [6.07, 6.45) is 0. The Bertz CT molecular complexity index is 832. The van der Waals surface area contributed by atoms with E-state index in [0.717, 1.165) is 0 Å². The molecule has 2 rings (SSSR count). The smallest absolute Gasteiger partial charge is 0.326 e. The van der Waals surface area contributed by atoms with Gasteiger partial charge in [-0.05, 0) is 45.0 Å². The molecule has 29 heavy (non-hydrogen) atoms. The van der Waals surface area contributed by atoms with Crippen molar-refractivity contribution in [1.82, 2.24) is 0 Å². The average Bonchev–Trinajstić information content (AvgIpc) is 2.69. The van der Waals surface area contributed by atoms with Gasteiger partial charge < -0.3 is 15.4 Å². The molecule has 2 amide bonds. The average molecular weight is 397 g/mol. The maximum absolute atomic E-state index is 13.1.